The van der Waals surface area contributed by atoms with Crippen molar-refractivity contribution in [3.05, 3.63) is 0 Å². The number of aliphatic hydroxyl groups excluding tert-OH is 1. The first-order chi connectivity index (χ1) is 47.7. The molecule has 0 aromatic rings. The highest BCUT2D eigenvalue weighted by atomic mass is 31.2. The number of carbonyl (C=O) groups is 4. The van der Waals surface area contributed by atoms with Gasteiger partial charge in [-0.2, -0.15) is 0 Å². The minimum Gasteiger partial charge on any atom is -0.462 e. The summed E-state index contributed by atoms with van der Waals surface area (Å²) in [4.78, 5) is 72.7. The van der Waals surface area contributed by atoms with E-state index in [1.54, 1.807) is 0 Å². The van der Waals surface area contributed by atoms with Crippen LogP contribution in [0.2, 0.25) is 0 Å². The van der Waals surface area contributed by atoms with Gasteiger partial charge in [-0.25, -0.2) is 9.13 Å². The Morgan fingerprint density at radius 3 is 0.687 bits per heavy atom. The lowest BCUT2D eigenvalue weighted by molar-refractivity contribution is -0.161. The van der Waals surface area contributed by atoms with Gasteiger partial charge in [0, 0.05) is 25.7 Å². The van der Waals surface area contributed by atoms with Gasteiger partial charge in [0.05, 0.1) is 26.4 Å². The molecule has 0 aliphatic rings. The first-order valence-electron chi connectivity index (χ1n) is 41.3. The maximum atomic E-state index is 13.1. The van der Waals surface area contributed by atoms with Crippen LogP contribution in [0.3, 0.4) is 0 Å². The number of carbonyl (C=O) groups excluding carboxylic acids is 4. The molecule has 0 spiro atoms. The standard InChI is InChI=1S/C80H156O17P2/c1-8-9-10-44-54-61-77(82)90-67-75(96-79(84)63-56-50-43-37-31-25-19-18-22-28-34-40-47-53-60-73(6)7)69-94-98(86,87)92-65-74(81)66-93-99(88,89)95-70-76(68-91-78(83)62-55-48-41-35-29-23-17-13-15-21-27-33-39-46-52-59-72(4)5)97-80(85)64-57-49-42-36-30-24-16-12-11-14-20-26-32-38-45-51-58-71(2)3/h71-76,81H,8-70H2,1-7H3,(H,86,87)(H,88,89)/t74-,75+,76+/m0/s1. The van der Waals surface area contributed by atoms with Crippen LogP contribution in [0.25, 0.3) is 0 Å². The summed E-state index contributed by atoms with van der Waals surface area (Å²) in [6.45, 7) is 11.9. The normalized spacial score (nSPS) is 14.0. The Bertz CT molecular complexity index is 1920. The zero-order chi connectivity index (χ0) is 73.0. The van der Waals surface area contributed by atoms with Gasteiger partial charge < -0.3 is 33.8 Å². The van der Waals surface area contributed by atoms with Crippen molar-refractivity contribution in [1.29, 1.82) is 0 Å². The van der Waals surface area contributed by atoms with E-state index in [4.69, 9.17) is 37.0 Å². The van der Waals surface area contributed by atoms with Gasteiger partial charge in [0.15, 0.2) is 12.2 Å². The van der Waals surface area contributed by atoms with Crippen LogP contribution in [0, 0.1) is 17.8 Å². The van der Waals surface area contributed by atoms with Crippen LogP contribution in [-0.4, -0.2) is 96.7 Å². The van der Waals surface area contributed by atoms with E-state index < -0.39 is 97.5 Å². The Hall–Kier alpha value is -1.94. The van der Waals surface area contributed by atoms with Crippen LogP contribution in [0.5, 0.6) is 0 Å². The molecule has 0 aromatic heterocycles. The summed E-state index contributed by atoms with van der Waals surface area (Å²) in [5, 5.41) is 10.6. The quantitative estimate of drug-likeness (QED) is 0.0222. The maximum Gasteiger partial charge on any atom is 0.472 e. The molecule has 0 bridgehead atoms. The lowest BCUT2D eigenvalue weighted by atomic mass is 10.0. The van der Waals surface area contributed by atoms with E-state index in [2.05, 4.69) is 48.5 Å². The fourth-order valence-electron chi connectivity index (χ4n) is 12.3. The van der Waals surface area contributed by atoms with Crippen molar-refractivity contribution in [2.75, 3.05) is 39.6 Å². The van der Waals surface area contributed by atoms with Crippen LogP contribution in [0.15, 0.2) is 0 Å². The number of phosphoric acid groups is 2. The maximum absolute atomic E-state index is 13.1. The zero-order valence-corrected chi connectivity index (χ0v) is 66.8. The van der Waals surface area contributed by atoms with E-state index in [1.165, 1.54) is 218 Å². The van der Waals surface area contributed by atoms with Crippen LogP contribution in [-0.2, 0) is 65.4 Å². The number of phosphoric ester groups is 2. The number of hydrogen-bond donors (Lipinski definition) is 3. The van der Waals surface area contributed by atoms with Crippen molar-refractivity contribution in [3.8, 4) is 0 Å². The van der Waals surface area contributed by atoms with Gasteiger partial charge in [-0.05, 0) is 43.4 Å². The van der Waals surface area contributed by atoms with Crippen molar-refractivity contribution in [2.24, 2.45) is 17.8 Å². The zero-order valence-electron chi connectivity index (χ0n) is 65.0. The third-order valence-corrected chi connectivity index (χ3v) is 20.5. The summed E-state index contributed by atoms with van der Waals surface area (Å²) >= 11 is 0. The molecule has 2 unspecified atom stereocenters. The summed E-state index contributed by atoms with van der Waals surface area (Å²) in [5.41, 5.74) is 0. The summed E-state index contributed by atoms with van der Waals surface area (Å²) in [6, 6.07) is 0. The summed E-state index contributed by atoms with van der Waals surface area (Å²) in [5.74, 6) is 0.288. The SMILES string of the molecule is CCCCCCCC(=O)OC[C@H](COP(=O)(O)OC[C@H](O)COP(=O)(O)OC[C@@H](COC(=O)CCCCCCCCCCCCCCCCCC(C)C)OC(=O)CCCCCCCCCCCCCCCCCCC(C)C)OC(=O)CCCCCCCCCCCCCCCCC(C)C. The number of esters is 4. The lowest BCUT2D eigenvalue weighted by Gasteiger charge is -2.21. The Morgan fingerprint density at radius 2 is 0.465 bits per heavy atom. The second kappa shape index (κ2) is 70.4. The van der Waals surface area contributed by atoms with Crippen molar-refractivity contribution >= 4 is 39.5 Å². The predicted octanol–water partition coefficient (Wildman–Crippen LogP) is 23.7. The third-order valence-electron chi connectivity index (χ3n) is 18.6. The fraction of sp³-hybridized carbons (Fsp3) is 0.950. The van der Waals surface area contributed by atoms with Gasteiger partial charge in [-0.3, -0.25) is 37.3 Å². The Balaban J connectivity index is 5.13. The van der Waals surface area contributed by atoms with E-state index >= 15 is 0 Å². The summed E-state index contributed by atoms with van der Waals surface area (Å²) in [7, 11) is -9.91. The first-order valence-corrected chi connectivity index (χ1v) is 44.3. The first kappa shape index (κ1) is 97.1. The van der Waals surface area contributed by atoms with Crippen LogP contribution in [0.1, 0.15) is 414 Å². The monoisotopic (exact) mass is 1450 g/mol. The molecule has 0 fully saturated rings. The fourth-order valence-corrected chi connectivity index (χ4v) is 13.9. The van der Waals surface area contributed by atoms with Crippen molar-refractivity contribution in [3.63, 3.8) is 0 Å². The minimum absolute atomic E-state index is 0.107. The molecule has 0 heterocycles. The van der Waals surface area contributed by atoms with Crippen molar-refractivity contribution in [1.82, 2.24) is 0 Å². The molecule has 588 valence electrons. The topological polar surface area (TPSA) is 237 Å². The Kier molecular flexibility index (Phi) is 69.0. The molecule has 19 heteroatoms. The van der Waals surface area contributed by atoms with Gasteiger partial charge in [-0.1, -0.05) is 363 Å². The number of unbranched alkanes of at least 4 members (excludes halogenated alkanes) is 46. The smallest absolute Gasteiger partial charge is 0.462 e. The van der Waals surface area contributed by atoms with Gasteiger partial charge in [0.25, 0.3) is 0 Å². The van der Waals surface area contributed by atoms with Gasteiger partial charge in [-0.15, -0.1) is 0 Å². The van der Waals surface area contributed by atoms with E-state index in [-0.39, 0.29) is 25.7 Å². The molecule has 0 aromatic carbocycles. The molecule has 99 heavy (non-hydrogen) atoms. The van der Waals surface area contributed by atoms with E-state index in [0.717, 1.165) is 114 Å². The van der Waals surface area contributed by atoms with Gasteiger partial charge in [0.1, 0.15) is 19.3 Å². The summed E-state index contributed by atoms with van der Waals surface area (Å²) < 4.78 is 68.5. The molecular formula is C80H156O17P2. The number of hydrogen-bond acceptors (Lipinski definition) is 15. The molecule has 0 rings (SSSR count). The van der Waals surface area contributed by atoms with Crippen molar-refractivity contribution < 1.29 is 80.2 Å². The molecule has 0 amide bonds. The molecule has 0 aliphatic carbocycles. The van der Waals surface area contributed by atoms with E-state index in [9.17, 15) is 43.2 Å². The number of aliphatic hydroxyl groups is 1. The molecule has 5 atom stereocenters. The third kappa shape index (κ3) is 74.1. The van der Waals surface area contributed by atoms with E-state index in [0.29, 0.717) is 25.7 Å². The highest BCUT2D eigenvalue weighted by Gasteiger charge is 2.30. The van der Waals surface area contributed by atoms with Gasteiger partial charge >= 0.3 is 39.5 Å². The molecular weight excluding hydrogens is 1290 g/mol. The molecule has 17 nitrogen and oxygen atoms in total. The predicted molar refractivity (Wildman–Crippen MR) is 405 cm³/mol. The minimum atomic E-state index is -4.96. The lowest BCUT2D eigenvalue weighted by Crippen LogP contribution is -2.30. The molecule has 0 saturated heterocycles. The highest BCUT2D eigenvalue weighted by Crippen LogP contribution is 2.45. The second-order valence-corrected chi connectivity index (χ2v) is 33.1. The molecule has 0 aliphatic heterocycles. The summed E-state index contributed by atoms with van der Waals surface area (Å²) in [6.07, 6.45) is 58.7. The highest BCUT2D eigenvalue weighted by molar-refractivity contribution is 7.47. The largest absolute Gasteiger partial charge is 0.472 e. The van der Waals surface area contributed by atoms with Crippen LogP contribution in [0.4, 0.5) is 0 Å². The van der Waals surface area contributed by atoms with E-state index in [1.807, 2.05) is 0 Å². The number of rotatable bonds is 78. The Morgan fingerprint density at radius 1 is 0.273 bits per heavy atom. The molecule has 0 radical (unpaired) electrons. The average molecular weight is 1450 g/mol. The average Bonchev–Trinajstić information content (AvgIpc) is 1.07. The van der Waals surface area contributed by atoms with Crippen LogP contribution < -0.4 is 0 Å². The second-order valence-electron chi connectivity index (χ2n) is 30.2. The van der Waals surface area contributed by atoms with Gasteiger partial charge in [0.2, 0.25) is 0 Å². The van der Waals surface area contributed by atoms with Crippen LogP contribution >= 0.6 is 15.6 Å². The number of ether oxygens (including phenoxy) is 4. The molecule has 3 N–H and O–H groups in total. The molecule has 0 saturated carbocycles. The van der Waals surface area contributed by atoms with Crippen molar-refractivity contribution in [2.45, 2.75) is 433 Å². The Labute approximate surface area is 607 Å².